The SMILES string of the molecule is Cc1ccc2[nH]c3c(-c4ccc(CO)o4)nc(C(=O)O)cc3c2c1. The number of aromatic carboxylic acids is 1. The number of aromatic amines is 1. The van der Waals surface area contributed by atoms with Crippen LogP contribution in [0.3, 0.4) is 0 Å². The molecule has 0 aliphatic carbocycles. The van der Waals surface area contributed by atoms with Gasteiger partial charge in [-0.15, -0.1) is 0 Å². The summed E-state index contributed by atoms with van der Waals surface area (Å²) in [6.07, 6.45) is 0. The molecule has 6 nitrogen and oxygen atoms in total. The summed E-state index contributed by atoms with van der Waals surface area (Å²) in [5, 5.41) is 20.3. The number of pyridine rings is 1. The third-order valence-corrected chi connectivity index (χ3v) is 4.01. The summed E-state index contributed by atoms with van der Waals surface area (Å²) in [6.45, 7) is 1.76. The number of carbonyl (C=O) groups is 1. The fourth-order valence-corrected chi connectivity index (χ4v) is 2.89. The summed E-state index contributed by atoms with van der Waals surface area (Å²) in [6, 6.07) is 10.8. The Morgan fingerprint density at radius 1 is 1.21 bits per heavy atom. The van der Waals surface area contributed by atoms with Crippen LogP contribution in [0.4, 0.5) is 0 Å². The number of nitrogens with zero attached hydrogens (tertiary/aromatic N) is 1. The molecule has 4 aromatic rings. The van der Waals surface area contributed by atoms with Crippen molar-refractivity contribution in [2.24, 2.45) is 0 Å². The fourth-order valence-electron chi connectivity index (χ4n) is 2.89. The molecular weight excluding hydrogens is 308 g/mol. The molecule has 0 unspecified atom stereocenters. The van der Waals surface area contributed by atoms with Crippen LogP contribution in [0.25, 0.3) is 33.3 Å². The van der Waals surface area contributed by atoms with E-state index in [-0.39, 0.29) is 12.3 Å². The minimum atomic E-state index is -1.10. The van der Waals surface area contributed by atoms with Gasteiger partial charge in [-0.3, -0.25) is 0 Å². The van der Waals surface area contributed by atoms with E-state index >= 15 is 0 Å². The number of aryl methyl sites for hydroxylation is 1. The smallest absolute Gasteiger partial charge is 0.354 e. The predicted molar refractivity (Wildman–Crippen MR) is 88.9 cm³/mol. The molecule has 3 N–H and O–H groups in total. The molecule has 0 saturated heterocycles. The van der Waals surface area contributed by atoms with Gasteiger partial charge in [0.2, 0.25) is 0 Å². The molecule has 4 rings (SSSR count). The van der Waals surface area contributed by atoms with Crippen molar-refractivity contribution in [3.05, 3.63) is 53.4 Å². The predicted octanol–water partition coefficient (Wildman–Crippen LogP) is 3.48. The van der Waals surface area contributed by atoms with Crippen LogP contribution in [0.2, 0.25) is 0 Å². The Kier molecular flexibility index (Phi) is 3.14. The van der Waals surface area contributed by atoms with Gasteiger partial charge in [-0.25, -0.2) is 9.78 Å². The molecule has 24 heavy (non-hydrogen) atoms. The van der Waals surface area contributed by atoms with Crippen LogP contribution in [0.1, 0.15) is 21.8 Å². The number of H-pyrrole nitrogens is 1. The number of carboxylic acid groups (broad SMARTS) is 1. The molecule has 0 saturated carbocycles. The second-order valence-corrected chi connectivity index (χ2v) is 5.68. The Balaban J connectivity index is 2.10. The van der Waals surface area contributed by atoms with Gasteiger partial charge in [0.05, 0.1) is 5.52 Å². The van der Waals surface area contributed by atoms with E-state index in [9.17, 15) is 15.0 Å². The minimum absolute atomic E-state index is 0.0538. The molecule has 3 heterocycles. The van der Waals surface area contributed by atoms with Crippen LogP contribution in [-0.4, -0.2) is 26.2 Å². The van der Waals surface area contributed by atoms with Crippen molar-refractivity contribution < 1.29 is 19.4 Å². The van der Waals surface area contributed by atoms with Crippen molar-refractivity contribution in [1.82, 2.24) is 9.97 Å². The first-order valence-corrected chi connectivity index (χ1v) is 7.43. The Morgan fingerprint density at radius 2 is 2.04 bits per heavy atom. The number of aliphatic hydroxyl groups is 1. The largest absolute Gasteiger partial charge is 0.477 e. The monoisotopic (exact) mass is 322 g/mol. The fraction of sp³-hybridized carbons (Fsp3) is 0.111. The summed E-state index contributed by atoms with van der Waals surface area (Å²) in [4.78, 5) is 19.0. The van der Waals surface area contributed by atoms with E-state index in [2.05, 4.69) is 9.97 Å². The molecule has 3 aromatic heterocycles. The molecule has 6 heteroatoms. The minimum Gasteiger partial charge on any atom is -0.477 e. The molecule has 0 atom stereocenters. The topological polar surface area (TPSA) is 99.4 Å². The van der Waals surface area contributed by atoms with Gasteiger partial charge in [0.1, 0.15) is 23.8 Å². The van der Waals surface area contributed by atoms with Gasteiger partial charge >= 0.3 is 5.97 Å². The summed E-state index contributed by atoms with van der Waals surface area (Å²) in [5.74, 6) is -0.294. The highest BCUT2D eigenvalue weighted by molar-refractivity contribution is 6.12. The zero-order valence-corrected chi connectivity index (χ0v) is 12.8. The highest BCUT2D eigenvalue weighted by atomic mass is 16.4. The molecule has 0 spiro atoms. The number of hydrogen-bond donors (Lipinski definition) is 3. The average molecular weight is 322 g/mol. The van der Waals surface area contributed by atoms with Crippen LogP contribution in [0.15, 0.2) is 40.8 Å². The van der Waals surface area contributed by atoms with Crippen LogP contribution in [0.5, 0.6) is 0 Å². The molecule has 120 valence electrons. The van der Waals surface area contributed by atoms with E-state index in [4.69, 9.17) is 4.42 Å². The van der Waals surface area contributed by atoms with Crippen LogP contribution >= 0.6 is 0 Å². The van der Waals surface area contributed by atoms with E-state index in [0.29, 0.717) is 22.7 Å². The summed E-state index contributed by atoms with van der Waals surface area (Å²) < 4.78 is 5.56. The van der Waals surface area contributed by atoms with Gasteiger partial charge in [-0.1, -0.05) is 11.6 Å². The molecule has 0 radical (unpaired) electrons. The maximum absolute atomic E-state index is 11.5. The standard InChI is InChI=1S/C18H14N2O4/c1-9-2-4-13-11(6-9)12-7-14(18(22)23)20-17(16(12)19-13)15-5-3-10(8-21)24-15/h2-7,19,21H,8H2,1H3,(H,22,23). The molecular formula is C18H14N2O4. The van der Waals surface area contributed by atoms with Crippen LogP contribution < -0.4 is 0 Å². The van der Waals surface area contributed by atoms with Crippen LogP contribution in [-0.2, 0) is 6.61 Å². The normalized spacial score (nSPS) is 11.4. The number of carboxylic acids is 1. The number of fused-ring (bicyclic) bond motifs is 3. The van der Waals surface area contributed by atoms with Gasteiger partial charge in [0.25, 0.3) is 0 Å². The second-order valence-electron chi connectivity index (χ2n) is 5.68. The van der Waals surface area contributed by atoms with Gasteiger partial charge in [-0.05, 0) is 37.3 Å². The molecule has 0 aliphatic rings. The van der Waals surface area contributed by atoms with Crippen LogP contribution in [0, 0.1) is 6.92 Å². The number of nitrogens with one attached hydrogen (secondary N) is 1. The lowest BCUT2D eigenvalue weighted by Crippen LogP contribution is -2.01. The zero-order chi connectivity index (χ0) is 16.8. The molecule has 0 aliphatic heterocycles. The first-order chi connectivity index (χ1) is 11.6. The molecule has 0 fully saturated rings. The van der Waals surface area contributed by atoms with E-state index in [0.717, 1.165) is 21.9 Å². The Morgan fingerprint density at radius 3 is 2.75 bits per heavy atom. The maximum Gasteiger partial charge on any atom is 0.354 e. The Hall–Kier alpha value is -3.12. The first-order valence-electron chi connectivity index (χ1n) is 7.43. The first kappa shape index (κ1) is 14.5. The van der Waals surface area contributed by atoms with Gasteiger partial charge in [0.15, 0.2) is 5.76 Å². The second kappa shape index (κ2) is 5.21. The van der Waals surface area contributed by atoms with Gasteiger partial charge in [0, 0.05) is 16.3 Å². The molecule has 1 aromatic carbocycles. The molecule has 0 amide bonds. The summed E-state index contributed by atoms with van der Waals surface area (Å²) in [7, 11) is 0. The summed E-state index contributed by atoms with van der Waals surface area (Å²) in [5.41, 5.74) is 3.05. The summed E-state index contributed by atoms with van der Waals surface area (Å²) >= 11 is 0. The highest BCUT2D eigenvalue weighted by Gasteiger charge is 2.18. The highest BCUT2D eigenvalue weighted by Crippen LogP contribution is 2.33. The van der Waals surface area contributed by atoms with Crippen molar-refractivity contribution in [3.8, 4) is 11.5 Å². The maximum atomic E-state index is 11.5. The van der Waals surface area contributed by atoms with E-state index in [1.807, 2.05) is 25.1 Å². The van der Waals surface area contributed by atoms with Crippen molar-refractivity contribution in [2.75, 3.05) is 0 Å². The average Bonchev–Trinajstić information content (AvgIpc) is 3.18. The number of rotatable bonds is 3. The number of hydrogen-bond acceptors (Lipinski definition) is 4. The molecule has 0 bridgehead atoms. The van der Waals surface area contributed by atoms with E-state index < -0.39 is 5.97 Å². The van der Waals surface area contributed by atoms with E-state index in [1.165, 1.54) is 0 Å². The van der Waals surface area contributed by atoms with E-state index in [1.54, 1.807) is 18.2 Å². The third-order valence-electron chi connectivity index (χ3n) is 4.01. The Bertz CT molecular complexity index is 1090. The number of aliphatic hydroxyl groups excluding tert-OH is 1. The quantitative estimate of drug-likeness (QED) is 0.536. The van der Waals surface area contributed by atoms with Crippen molar-refractivity contribution in [2.45, 2.75) is 13.5 Å². The lowest BCUT2D eigenvalue weighted by Gasteiger charge is -2.02. The lowest BCUT2D eigenvalue weighted by molar-refractivity contribution is 0.0691. The lowest BCUT2D eigenvalue weighted by atomic mass is 10.1. The zero-order valence-electron chi connectivity index (χ0n) is 12.8. The van der Waals surface area contributed by atoms with Crippen molar-refractivity contribution in [1.29, 1.82) is 0 Å². The number of aromatic nitrogens is 2. The number of benzene rings is 1. The van der Waals surface area contributed by atoms with Gasteiger partial charge in [-0.2, -0.15) is 0 Å². The van der Waals surface area contributed by atoms with Crippen molar-refractivity contribution in [3.63, 3.8) is 0 Å². The van der Waals surface area contributed by atoms with Gasteiger partial charge < -0.3 is 19.6 Å². The Labute approximate surface area is 136 Å². The van der Waals surface area contributed by atoms with Crippen molar-refractivity contribution >= 4 is 27.8 Å². The third kappa shape index (κ3) is 2.16. The number of furan rings is 1.